The van der Waals surface area contributed by atoms with Crippen LogP contribution in [0.25, 0.3) is 11.4 Å². The molecule has 0 bridgehead atoms. The monoisotopic (exact) mass is 315 g/mol. The van der Waals surface area contributed by atoms with Crippen molar-refractivity contribution in [3.05, 3.63) is 30.1 Å². The minimum Gasteiger partial charge on any atom is -0.345 e. The third-order valence-electron chi connectivity index (χ3n) is 3.54. The van der Waals surface area contributed by atoms with E-state index in [1.165, 1.54) is 0 Å². The van der Waals surface area contributed by atoms with E-state index in [1.807, 2.05) is 33.8 Å². The van der Waals surface area contributed by atoms with Crippen LogP contribution in [0.5, 0.6) is 0 Å². The predicted molar refractivity (Wildman–Crippen MR) is 87.6 cm³/mol. The number of carbonyl (C=O) groups excluding carboxylic acids is 2. The van der Waals surface area contributed by atoms with Crippen LogP contribution in [0.3, 0.4) is 0 Å². The van der Waals surface area contributed by atoms with Crippen LogP contribution in [0.1, 0.15) is 26.6 Å². The molecule has 7 heteroatoms. The zero-order valence-electron chi connectivity index (χ0n) is 13.7. The second kappa shape index (κ2) is 7.04. The number of aromatic nitrogens is 3. The van der Waals surface area contributed by atoms with Gasteiger partial charge in [-0.1, -0.05) is 26.0 Å². The van der Waals surface area contributed by atoms with Crippen molar-refractivity contribution in [1.29, 1.82) is 0 Å². The molecule has 0 aliphatic carbocycles. The third kappa shape index (κ3) is 4.38. The van der Waals surface area contributed by atoms with Crippen LogP contribution in [-0.4, -0.2) is 33.0 Å². The first-order valence-corrected chi connectivity index (χ1v) is 7.48. The van der Waals surface area contributed by atoms with Crippen LogP contribution in [0, 0.1) is 12.8 Å². The molecule has 0 saturated heterocycles. The number of H-pyrrole nitrogens is 1. The average molecular weight is 315 g/mol. The number of benzene rings is 1. The summed E-state index contributed by atoms with van der Waals surface area (Å²) in [4.78, 5) is 28.1. The van der Waals surface area contributed by atoms with E-state index in [9.17, 15) is 9.59 Å². The Bertz CT molecular complexity index is 708. The lowest BCUT2D eigenvalue weighted by molar-refractivity contribution is -0.136. The fraction of sp³-hybridized carbons (Fsp3) is 0.375. The van der Waals surface area contributed by atoms with Crippen LogP contribution in [-0.2, 0) is 9.59 Å². The van der Waals surface area contributed by atoms with Gasteiger partial charge in [0.25, 0.3) is 0 Å². The van der Waals surface area contributed by atoms with E-state index in [-0.39, 0.29) is 12.0 Å². The van der Waals surface area contributed by atoms with Crippen molar-refractivity contribution in [3.8, 4) is 11.4 Å². The molecule has 0 saturated carbocycles. The second-order valence-corrected chi connectivity index (χ2v) is 5.79. The number of aromatic amines is 1. The Morgan fingerprint density at radius 2 is 1.91 bits per heavy atom. The van der Waals surface area contributed by atoms with Gasteiger partial charge >= 0.3 is 11.8 Å². The van der Waals surface area contributed by atoms with Crippen molar-refractivity contribution >= 4 is 17.5 Å². The van der Waals surface area contributed by atoms with Gasteiger partial charge in [-0.05, 0) is 31.9 Å². The molecule has 1 heterocycles. The highest BCUT2D eigenvalue weighted by Crippen LogP contribution is 2.19. The number of nitrogens with one attached hydrogen (secondary N) is 3. The van der Waals surface area contributed by atoms with Crippen LogP contribution in [0.2, 0.25) is 0 Å². The van der Waals surface area contributed by atoms with Gasteiger partial charge < -0.3 is 10.6 Å². The molecule has 0 radical (unpaired) electrons. The van der Waals surface area contributed by atoms with Crippen molar-refractivity contribution in [1.82, 2.24) is 20.5 Å². The smallest absolute Gasteiger partial charge is 0.313 e. The summed E-state index contributed by atoms with van der Waals surface area (Å²) in [6.07, 6.45) is 0. The summed E-state index contributed by atoms with van der Waals surface area (Å²) in [6, 6.07) is 6.96. The lowest BCUT2D eigenvalue weighted by Gasteiger charge is -2.17. The molecule has 7 nitrogen and oxygen atoms in total. The fourth-order valence-electron chi connectivity index (χ4n) is 1.83. The van der Waals surface area contributed by atoms with Crippen LogP contribution >= 0.6 is 0 Å². The highest BCUT2D eigenvalue weighted by Gasteiger charge is 2.18. The minimum absolute atomic E-state index is 0.0733. The number of carbonyl (C=O) groups is 2. The van der Waals surface area contributed by atoms with Crippen molar-refractivity contribution in [2.24, 2.45) is 5.92 Å². The number of nitrogens with zero attached hydrogens (tertiary/aromatic N) is 2. The van der Waals surface area contributed by atoms with Gasteiger partial charge in [0.05, 0.1) is 0 Å². The lowest BCUT2D eigenvalue weighted by atomic mass is 10.1. The number of hydrogen-bond acceptors (Lipinski definition) is 4. The van der Waals surface area contributed by atoms with Gasteiger partial charge in [0, 0.05) is 17.3 Å². The first-order valence-electron chi connectivity index (χ1n) is 7.48. The molecule has 1 aromatic carbocycles. The molecule has 0 aliphatic heterocycles. The molecule has 23 heavy (non-hydrogen) atoms. The van der Waals surface area contributed by atoms with E-state index in [2.05, 4.69) is 25.8 Å². The SMILES string of the molecule is Cc1nc(-c2cccc(NC(=O)C(=O)N[C@H](C)C(C)C)c2)n[nH]1. The molecule has 2 amide bonds. The van der Waals surface area contributed by atoms with Gasteiger partial charge in [0.15, 0.2) is 5.82 Å². The van der Waals surface area contributed by atoms with Crippen molar-refractivity contribution in [2.45, 2.75) is 33.7 Å². The summed E-state index contributed by atoms with van der Waals surface area (Å²) in [5.74, 6) is 0.156. The zero-order chi connectivity index (χ0) is 17.0. The molecule has 2 aromatic rings. The van der Waals surface area contributed by atoms with Crippen LogP contribution < -0.4 is 10.6 Å². The van der Waals surface area contributed by atoms with Gasteiger partial charge in [-0.3, -0.25) is 14.7 Å². The molecule has 0 aliphatic rings. The maximum absolute atomic E-state index is 12.0. The zero-order valence-corrected chi connectivity index (χ0v) is 13.7. The van der Waals surface area contributed by atoms with Gasteiger partial charge in [0.2, 0.25) is 0 Å². The van der Waals surface area contributed by atoms with E-state index >= 15 is 0 Å². The molecule has 0 unspecified atom stereocenters. The van der Waals surface area contributed by atoms with Crippen molar-refractivity contribution in [2.75, 3.05) is 5.32 Å². The normalized spacial score (nSPS) is 12.0. The van der Waals surface area contributed by atoms with Crippen molar-refractivity contribution < 1.29 is 9.59 Å². The molecular weight excluding hydrogens is 294 g/mol. The maximum Gasteiger partial charge on any atom is 0.313 e. The molecule has 0 fully saturated rings. The highest BCUT2D eigenvalue weighted by molar-refractivity contribution is 6.39. The van der Waals surface area contributed by atoms with Crippen molar-refractivity contribution in [3.63, 3.8) is 0 Å². The summed E-state index contributed by atoms with van der Waals surface area (Å²) in [6.45, 7) is 7.63. The summed E-state index contributed by atoms with van der Waals surface area (Å²) in [5.41, 5.74) is 1.27. The Balaban J connectivity index is 2.05. The Hall–Kier alpha value is -2.70. The minimum atomic E-state index is -0.694. The Labute approximate surface area is 134 Å². The summed E-state index contributed by atoms with van der Waals surface area (Å²) in [7, 11) is 0. The van der Waals surface area contributed by atoms with Gasteiger partial charge in [-0.15, -0.1) is 0 Å². The molecule has 1 atom stereocenters. The number of hydrogen-bond donors (Lipinski definition) is 3. The molecular formula is C16H21N5O2. The Kier molecular flexibility index (Phi) is 5.10. The number of amides is 2. The molecule has 3 N–H and O–H groups in total. The Morgan fingerprint density at radius 3 is 2.52 bits per heavy atom. The third-order valence-corrected chi connectivity index (χ3v) is 3.54. The number of aryl methyl sites for hydroxylation is 1. The van der Waals surface area contributed by atoms with E-state index in [0.717, 1.165) is 5.56 Å². The Morgan fingerprint density at radius 1 is 1.17 bits per heavy atom. The summed E-state index contributed by atoms with van der Waals surface area (Å²) < 4.78 is 0. The standard InChI is InChI=1S/C16H21N5O2/c1-9(2)10(3)17-15(22)16(23)19-13-7-5-6-12(8-13)14-18-11(4)20-21-14/h5-10H,1-4H3,(H,17,22)(H,19,23)(H,18,20,21)/t10-/m1/s1. The van der Waals surface area contributed by atoms with Gasteiger partial charge in [-0.25, -0.2) is 4.98 Å². The fourth-order valence-corrected chi connectivity index (χ4v) is 1.83. The quantitative estimate of drug-likeness (QED) is 0.750. The second-order valence-electron chi connectivity index (χ2n) is 5.79. The van der Waals surface area contributed by atoms with E-state index in [4.69, 9.17) is 0 Å². The van der Waals surface area contributed by atoms with Crippen LogP contribution in [0.4, 0.5) is 5.69 Å². The largest absolute Gasteiger partial charge is 0.345 e. The molecule has 122 valence electrons. The van der Waals surface area contributed by atoms with Gasteiger partial charge in [0.1, 0.15) is 5.82 Å². The van der Waals surface area contributed by atoms with E-state index in [1.54, 1.807) is 18.2 Å². The molecule has 0 spiro atoms. The molecule has 2 rings (SSSR count). The van der Waals surface area contributed by atoms with E-state index < -0.39 is 11.8 Å². The molecule has 1 aromatic heterocycles. The predicted octanol–water partition coefficient (Wildman–Crippen LogP) is 1.88. The topological polar surface area (TPSA) is 99.8 Å². The maximum atomic E-state index is 12.0. The number of anilines is 1. The summed E-state index contributed by atoms with van der Waals surface area (Å²) in [5, 5.41) is 12.1. The van der Waals surface area contributed by atoms with E-state index in [0.29, 0.717) is 17.3 Å². The highest BCUT2D eigenvalue weighted by atomic mass is 16.2. The summed E-state index contributed by atoms with van der Waals surface area (Å²) >= 11 is 0. The lowest BCUT2D eigenvalue weighted by Crippen LogP contribution is -2.42. The number of rotatable bonds is 4. The van der Waals surface area contributed by atoms with Crippen LogP contribution in [0.15, 0.2) is 24.3 Å². The average Bonchev–Trinajstić information content (AvgIpc) is 2.94. The first kappa shape index (κ1) is 16.7. The first-order chi connectivity index (χ1) is 10.9. The van der Waals surface area contributed by atoms with Gasteiger partial charge in [-0.2, -0.15) is 5.10 Å².